The maximum atomic E-state index is 13.6. The van der Waals surface area contributed by atoms with E-state index in [0.717, 1.165) is 0 Å². The number of nitrogens with one attached hydrogen (secondary N) is 1. The van der Waals surface area contributed by atoms with Gasteiger partial charge >= 0.3 is 0 Å². The van der Waals surface area contributed by atoms with Gasteiger partial charge in [0.1, 0.15) is 18.2 Å². The van der Waals surface area contributed by atoms with Gasteiger partial charge in [-0.1, -0.05) is 18.2 Å². The Hall–Kier alpha value is -2.89. The van der Waals surface area contributed by atoms with Crippen LogP contribution in [0.2, 0.25) is 0 Å². The van der Waals surface area contributed by atoms with Crippen molar-refractivity contribution >= 4 is 11.8 Å². The zero-order chi connectivity index (χ0) is 20.1. The first kappa shape index (κ1) is 19.9. The van der Waals surface area contributed by atoms with Crippen LogP contribution in [0.3, 0.4) is 0 Å². The molecule has 5 nitrogen and oxygen atoms in total. The molecule has 2 aromatic carbocycles. The predicted molar refractivity (Wildman–Crippen MR) is 104 cm³/mol. The van der Waals surface area contributed by atoms with Gasteiger partial charge in [-0.25, -0.2) is 4.39 Å². The monoisotopic (exact) mass is 384 g/mol. The van der Waals surface area contributed by atoms with Crippen molar-refractivity contribution in [2.75, 3.05) is 13.1 Å². The largest absolute Gasteiger partial charge is 0.489 e. The van der Waals surface area contributed by atoms with E-state index in [1.54, 1.807) is 42.5 Å². The van der Waals surface area contributed by atoms with Gasteiger partial charge in [-0.2, -0.15) is 0 Å². The summed E-state index contributed by atoms with van der Waals surface area (Å²) >= 11 is 0. The number of ether oxygens (including phenoxy) is 1. The molecule has 6 heteroatoms. The van der Waals surface area contributed by atoms with E-state index in [4.69, 9.17) is 4.74 Å². The molecule has 1 atom stereocenters. The second-order valence-corrected chi connectivity index (χ2v) is 7.32. The fraction of sp³-hybridized carbons (Fsp3) is 0.364. The van der Waals surface area contributed by atoms with Gasteiger partial charge in [0.25, 0.3) is 5.91 Å². The standard InChI is InChI=1S/C22H25FN2O3/c1-15(2)25-13-16(11-21(25)26)12-24-22(27)17-7-9-19(10-8-17)28-14-18-5-3-4-6-20(18)23/h3-10,15-16H,11-14H2,1-2H3,(H,24,27)/t16-/m1/s1. The van der Waals surface area contributed by atoms with Gasteiger partial charge in [-0.3, -0.25) is 9.59 Å². The lowest BCUT2D eigenvalue weighted by Gasteiger charge is -2.21. The van der Waals surface area contributed by atoms with Gasteiger partial charge < -0.3 is 15.0 Å². The Morgan fingerprint density at radius 2 is 1.93 bits per heavy atom. The van der Waals surface area contributed by atoms with E-state index in [1.165, 1.54) is 6.07 Å². The van der Waals surface area contributed by atoms with Gasteiger partial charge in [-0.15, -0.1) is 0 Å². The van der Waals surface area contributed by atoms with Crippen LogP contribution in [0.1, 0.15) is 36.2 Å². The maximum Gasteiger partial charge on any atom is 0.251 e. The van der Waals surface area contributed by atoms with Crippen molar-refractivity contribution in [3.8, 4) is 5.75 Å². The summed E-state index contributed by atoms with van der Waals surface area (Å²) in [7, 11) is 0. The number of rotatable bonds is 7. The minimum absolute atomic E-state index is 0.125. The topological polar surface area (TPSA) is 58.6 Å². The summed E-state index contributed by atoms with van der Waals surface area (Å²) < 4.78 is 19.2. The molecule has 0 saturated carbocycles. The van der Waals surface area contributed by atoms with Crippen molar-refractivity contribution in [1.82, 2.24) is 10.2 Å². The summed E-state index contributed by atoms with van der Waals surface area (Å²) in [6.45, 7) is 5.27. The number of nitrogens with zero attached hydrogens (tertiary/aromatic N) is 1. The Bertz CT molecular complexity index is 836. The molecular weight excluding hydrogens is 359 g/mol. The number of carbonyl (C=O) groups is 2. The number of likely N-dealkylation sites (tertiary alicyclic amines) is 1. The molecule has 0 unspecified atom stereocenters. The molecule has 1 N–H and O–H groups in total. The molecule has 2 aromatic rings. The Morgan fingerprint density at radius 3 is 2.57 bits per heavy atom. The average molecular weight is 384 g/mol. The van der Waals surface area contributed by atoms with Crippen molar-refractivity contribution in [2.24, 2.45) is 5.92 Å². The molecule has 148 valence electrons. The van der Waals surface area contributed by atoms with Crippen LogP contribution in [-0.2, 0) is 11.4 Å². The van der Waals surface area contributed by atoms with E-state index < -0.39 is 0 Å². The average Bonchev–Trinajstić information content (AvgIpc) is 3.07. The number of amides is 2. The third-order valence-electron chi connectivity index (χ3n) is 4.88. The van der Waals surface area contributed by atoms with Crippen LogP contribution in [0.5, 0.6) is 5.75 Å². The molecule has 1 aliphatic heterocycles. The SMILES string of the molecule is CC(C)N1C[C@@H](CNC(=O)c2ccc(OCc3ccccc3F)cc2)CC1=O. The lowest BCUT2D eigenvalue weighted by molar-refractivity contribution is -0.129. The second kappa shape index (κ2) is 8.87. The molecule has 3 rings (SSSR count). The fourth-order valence-corrected chi connectivity index (χ4v) is 3.26. The number of carbonyl (C=O) groups excluding carboxylic acids is 2. The zero-order valence-electron chi connectivity index (χ0n) is 16.2. The highest BCUT2D eigenvalue weighted by Crippen LogP contribution is 2.20. The van der Waals surface area contributed by atoms with Crippen LogP contribution in [0, 0.1) is 11.7 Å². The molecule has 1 aliphatic rings. The van der Waals surface area contributed by atoms with Crippen LogP contribution in [0.25, 0.3) is 0 Å². The molecule has 0 radical (unpaired) electrons. The molecule has 28 heavy (non-hydrogen) atoms. The van der Waals surface area contributed by atoms with Crippen LogP contribution in [0.4, 0.5) is 4.39 Å². The first-order valence-electron chi connectivity index (χ1n) is 9.48. The second-order valence-electron chi connectivity index (χ2n) is 7.32. The Morgan fingerprint density at radius 1 is 1.21 bits per heavy atom. The van der Waals surface area contributed by atoms with E-state index >= 15 is 0 Å². The van der Waals surface area contributed by atoms with Crippen molar-refractivity contribution < 1.29 is 18.7 Å². The molecular formula is C22H25FN2O3. The van der Waals surface area contributed by atoms with Crippen molar-refractivity contribution in [2.45, 2.75) is 32.9 Å². The number of hydrogen-bond donors (Lipinski definition) is 1. The third kappa shape index (κ3) is 4.88. The molecule has 0 bridgehead atoms. The number of halogens is 1. The maximum absolute atomic E-state index is 13.6. The van der Waals surface area contributed by atoms with Gasteiger partial charge in [-0.05, 0) is 44.2 Å². The van der Waals surface area contributed by atoms with E-state index in [1.807, 2.05) is 18.7 Å². The van der Waals surface area contributed by atoms with E-state index in [0.29, 0.717) is 36.4 Å². The highest BCUT2D eigenvalue weighted by molar-refractivity contribution is 5.94. The van der Waals surface area contributed by atoms with Crippen LogP contribution in [0.15, 0.2) is 48.5 Å². The quantitative estimate of drug-likeness (QED) is 0.796. The number of hydrogen-bond acceptors (Lipinski definition) is 3. The summed E-state index contributed by atoms with van der Waals surface area (Å²) in [6, 6.07) is 13.4. The molecule has 1 saturated heterocycles. The highest BCUT2D eigenvalue weighted by Gasteiger charge is 2.31. The van der Waals surface area contributed by atoms with E-state index in [2.05, 4.69) is 5.32 Å². The van der Waals surface area contributed by atoms with Crippen LogP contribution >= 0.6 is 0 Å². The summed E-state index contributed by atoms with van der Waals surface area (Å²) in [5, 5.41) is 2.90. The van der Waals surface area contributed by atoms with Crippen molar-refractivity contribution in [3.63, 3.8) is 0 Å². The van der Waals surface area contributed by atoms with Gasteiger partial charge in [0.05, 0.1) is 0 Å². The van der Waals surface area contributed by atoms with Gasteiger partial charge in [0.2, 0.25) is 5.91 Å². The van der Waals surface area contributed by atoms with Crippen LogP contribution in [-0.4, -0.2) is 35.8 Å². The summed E-state index contributed by atoms with van der Waals surface area (Å²) in [4.78, 5) is 26.1. The molecule has 0 spiro atoms. The smallest absolute Gasteiger partial charge is 0.251 e. The first-order chi connectivity index (χ1) is 13.4. The molecule has 2 amide bonds. The van der Waals surface area contributed by atoms with Crippen molar-refractivity contribution in [1.29, 1.82) is 0 Å². The van der Waals surface area contributed by atoms with Crippen LogP contribution < -0.4 is 10.1 Å². The highest BCUT2D eigenvalue weighted by atomic mass is 19.1. The summed E-state index contributed by atoms with van der Waals surface area (Å²) in [5.41, 5.74) is 0.995. The molecule has 0 aliphatic carbocycles. The van der Waals surface area contributed by atoms with E-state index in [9.17, 15) is 14.0 Å². The first-order valence-corrected chi connectivity index (χ1v) is 9.48. The third-order valence-corrected chi connectivity index (χ3v) is 4.88. The summed E-state index contributed by atoms with van der Waals surface area (Å²) in [5.74, 6) is 0.359. The molecule has 1 fully saturated rings. The Kier molecular flexibility index (Phi) is 6.29. The van der Waals surface area contributed by atoms with Gasteiger partial charge in [0, 0.05) is 42.6 Å². The fourth-order valence-electron chi connectivity index (χ4n) is 3.26. The number of benzene rings is 2. The Balaban J connectivity index is 1.49. The lowest BCUT2D eigenvalue weighted by atomic mass is 10.1. The van der Waals surface area contributed by atoms with E-state index in [-0.39, 0.29) is 36.2 Å². The molecule has 1 heterocycles. The minimum atomic E-state index is -0.306. The van der Waals surface area contributed by atoms with Crippen molar-refractivity contribution in [3.05, 3.63) is 65.5 Å². The molecule has 0 aromatic heterocycles. The zero-order valence-corrected chi connectivity index (χ0v) is 16.2. The Labute approximate surface area is 164 Å². The lowest BCUT2D eigenvalue weighted by Crippen LogP contribution is -2.34. The normalized spacial score (nSPS) is 16.5. The van der Waals surface area contributed by atoms with Gasteiger partial charge in [0.15, 0.2) is 0 Å². The predicted octanol–water partition coefficient (Wildman–Crippen LogP) is 3.39. The minimum Gasteiger partial charge on any atom is -0.489 e. The summed E-state index contributed by atoms with van der Waals surface area (Å²) in [6.07, 6.45) is 0.473.